The zero-order valence-electron chi connectivity index (χ0n) is 26.0. The molecular formula is C38H38N4O4. The van der Waals surface area contributed by atoms with Crippen molar-refractivity contribution in [3.8, 4) is 17.2 Å². The van der Waals surface area contributed by atoms with Crippen molar-refractivity contribution in [2.75, 3.05) is 25.9 Å². The minimum atomic E-state index is -0.0278. The monoisotopic (exact) mass is 614 g/mol. The predicted octanol–water partition coefficient (Wildman–Crippen LogP) is 6.84. The minimum Gasteiger partial charge on any atom is -0.497 e. The highest BCUT2D eigenvalue weighted by molar-refractivity contribution is 5.95. The van der Waals surface area contributed by atoms with E-state index >= 15 is 0 Å². The van der Waals surface area contributed by atoms with Gasteiger partial charge in [0.2, 0.25) is 5.95 Å². The van der Waals surface area contributed by atoms with Gasteiger partial charge in [0.15, 0.2) is 11.5 Å². The van der Waals surface area contributed by atoms with Crippen molar-refractivity contribution in [1.82, 2.24) is 14.9 Å². The standard InChI is InChI=1S/C38H38N4O4/c1-44-33-15-12-27(13-16-33)22-32-24-34(41-38(39)40-32)30-18-20-42(21-19-30)37(43)31-14-17-35(45-25-28-8-4-2-5-9-28)36(23-31)46-26-29-10-6-3-7-11-29/h2-17,23-24,30H,18-22,25-26H2,1H3,(H2,39,40,41). The molecule has 8 heteroatoms. The molecule has 1 fully saturated rings. The van der Waals surface area contributed by atoms with Gasteiger partial charge in [0.1, 0.15) is 19.0 Å². The largest absolute Gasteiger partial charge is 0.497 e. The third-order valence-electron chi connectivity index (χ3n) is 8.23. The van der Waals surface area contributed by atoms with Crippen molar-refractivity contribution in [1.29, 1.82) is 0 Å². The number of anilines is 1. The van der Waals surface area contributed by atoms with E-state index in [1.807, 2.05) is 108 Å². The fourth-order valence-corrected chi connectivity index (χ4v) is 5.70. The number of carbonyl (C=O) groups is 1. The molecule has 0 bridgehead atoms. The van der Waals surface area contributed by atoms with Gasteiger partial charge in [-0.3, -0.25) is 4.79 Å². The van der Waals surface area contributed by atoms with Crippen molar-refractivity contribution in [2.45, 2.75) is 38.4 Å². The second kappa shape index (κ2) is 14.6. The number of amides is 1. The van der Waals surface area contributed by atoms with Gasteiger partial charge < -0.3 is 24.8 Å². The molecule has 4 aromatic carbocycles. The SMILES string of the molecule is COc1ccc(Cc2cc(C3CCN(C(=O)c4ccc(OCc5ccccc5)c(OCc5ccccc5)c4)CC3)nc(N)n2)cc1. The Hall–Kier alpha value is -5.37. The number of nitrogen functional groups attached to an aromatic ring is 1. The first-order valence-electron chi connectivity index (χ1n) is 15.6. The third kappa shape index (κ3) is 7.82. The highest BCUT2D eigenvalue weighted by Gasteiger charge is 2.27. The molecule has 0 radical (unpaired) electrons. The lowest BCUT2D eigenvalue weighted by Gasteiger charge is -2.32. The number of carbonyl (C=O) groups excluding carboxylic acids is 1. The number of likely N-dealkylation sites (tertiary alicyclic amines) is 1. The molecule has 8 nitrogen and oxygen atoms in total. The summed E-state index contributed by atoms with van der Waals surface area (Å²) in [5.41, 5.74) is 11.7. The summed E-state index contributed by atoms with van der Waals surface area (Å²) in [4.78, 5) is 24.6. The molecule has 1 aromatic heterocycles. The van der Waals surface area contributed by atoms with E-state index in [0.29, 0.717) is 49.8 Å². The highest BCUT2D eigenvalue weighted by atomic mass is 16.5. The van der Waals surface area contributed by atoms with Crippen LogP contribution in [0.3, 0.4) is 0 Å². The average Bonchev–Trinajstić information content (AvgIpc) is 3.11. The van der Waals surface area contributed by atoms with Gasteiger partial charge in [-0.2, -0.15) is 0 Å². The van der Waals surface area contributed by atoms with Crippen LogP contribution in [-0.4, -0.2) is 41.0 Å². The van der Waals surface area contributed by atoms with Crippen LogP contribution in [0.25, 0.3) is 0 Å². The van der Waals surface area contributed by atoms with E-state index in [2.05, 4.69) is 9.97 Å². The minimum absolute atomic E-state index is 0.0278. The lowest BCUT2D eigenvalue weighted by molar-refractivity contribution is 0.0711. The van der Waals surface area contributed by atoms with E-state index in [1.165, 1.54) is 0 Å². The van der Waals surface area contributed by atoms with E-state index in [0.717, 1.165) is 46.7 Å². The molecule has 1 saturated heterocycles. The van der Waals surface area contributed by atoms with Crippen LogP contribution in [-0.2, 0) is 19.6 Å². The third-order valence-corrected chi connectivity index (χ3v) is 8.23. The molecule has 1 aliphatic heterocycles. The molecule has 5 aromatic rings. The second-order valence-corrected chi connectivity index (χ2v) is 11.4. The molecule has 0 aliphatic carbocycles. The first-order chi connectivity index (χ1) is 22.5. The number of hydrogen-bond donors (Lipinski definition) is 1. The number of methoxy groups -OCH3 is 1. The van der Waals surface area contributed by atoms with Gasteiger partial charge >= 0.3 is 0 Å². The Morgan fingerprint density at radius 1 is 0.761 bits per heavy atom. The normalized spacial score (nSPS) is 13.3. The number of nitrogens with two attached hydrogens (primary N) is 1. The van der Waals surface area contributed by atoms with Gasteiger partial charge in [-0.25, -0.2) is 9.97 Å². The van der Waals surface area contributed by atoms with Crippen LogP contribution in [0.15, 0.2) is 109 Å². The van der Waals surface area contributed by atoms with Gasteiger partial charge in [-0.1, -0.05) is 72.8 Å². The van der Waals surface area contributed by atoms with Crippen LogP contribution < -0.4 is 19.9 Å². The summed E-state index contributed by atoms with van der Waals surface area (Å²) in [6.45, 7) is 2.01. The zero-order chi connectivity index (χ0) is 31.7. The zero-order valence-corrected chi connectivity index (χ0v) is 26.0. The summed E-state index contributed by atoms with van der Waals surface area (Å²) in [6.07, 6.45) is 2.24. The summed E-state index contributed by atoms with van der Waals surface area (Å²) >= 11 is 0. The van der Waals surface area contributed by atoms with Crippen LogP contribution in [0.1, 0.15) is 57.2 Å². The second-order valence-electron chi connectivity index (χ2n) is 11.4. The number of rotatable bonds is 11. The maximum atomic E-state index is 13.7. The van der Waals surface area contributed by atoms with E-state index < -0.39 is 0 Å². The first kappa shape index (κ1) is 30.6. The van der Waals surface area contributed by atoms with Crippen molar-refractivity contribution in [2.24, 2.45) is 0 Å². The summed E-state index contributed by atoms with van der Waals surface area (Å²) in [6, 6.07) is 35.4. The Kier molecular flexibility index (Phi) is 9.73. The average molecular weight is 615 g/mol. The van der Waals surface area contributed by atoms with Gasteiger partial charge in [-0.15, -0.1) is 0 Å². The molecule has 1 aliphatic rings. The highest BCUT2D eigenvalue weighted by Crippen LogP contribution is 2.33. The van der Waals surface area contributed by atoms with Crippen molar-refractivity contribution >= 4 is 11.9 Å². The van der Waals surface area contributed by atoms with Crippen LogP contribution in [0.4, 0.5) is 5.95 Å². The van der Waals surface area contributed by atoms with Gasteiger partial charge in [-0.05, 0) is 65.9 Å². The maximum absolute atomic E-state index is 13.7. The molecular weight excluding hydrogens is 576 g/mol. The lowest BCUT2D eigenvalue weighted by atomic mass is 9.92. The van der Waals surface area contributed by atoms with Crippen LogP contribution in [0.5, 0.6) is 17.2 Å². The topological polar surface area (TPSA) is 99.8 Å². The van der Waals surface area contributed by atoms with Crippen molar-refractivity contribution < 1.29 is 19.0 Å². The van der Waals surface area contributed by atoms with Gasteiger partial charge in [0.05, 0.1) is 12.8 Å². The molecule has 1 amide bonds. The fraction of sp³-hybridized carbons (Fsp3) is 0.237. The predicted molar refractivity (Wildman–Crippen MR) is 178 cm³/mol. The fourth-order valence-electron chi connectivity index (χ4n) is 5.70. The van der Waals surface area contributed by atoms with E-state index in [9.17, 15) is 4.79 Å². The molecule has 0 unspecified atom stereocenters. The number of nitrogens with zero attached hydrogens (tertiary/aromatic N) is 3. The van der Waals surface area contributed by atoms with Gasteiger partial charge in [0.25, 0.3) is 5.91 Å². The van der Waals surface area contributed by atoms with Crippen LogP contribution >= 0.6 is 0 Å². The Labute approximate surface area is 269 Å². The molecule has 234 valence electrons. The van der Waals surface area contributed by atoms with Crippen molar-refractivity contribution in [3.05, 3.63) is 143 Å². The van der Waals surface area contributed by atoms with Gasteiger partial charge in [0, 0.05) is 36.7 Å². The summed E-state index contributed by atoms with van der Waals surface area (Å²) in [5.74, 6) is 2.40. The van der Waals surface area contributed by atoms with E-state index in [-0.39, 0.29) is 17.8 Å². The summed E-state index contributed by atoms with van der Waals surface area (Å²) < 4.78 is 17.6. The molecule has 46 heavy (non-hydrogen) atoms. The lowest BCUT2D eigenvalue weighted by Crippen LogP contribution is -2.38. The Balaban J connectivity index is 1.12. The quantitative estimate of drug-likeness (QED) is 0.174. The van der Waals surface area contributed by atoms with E-state index in [4.69, 9.17) is 19.9 Å². The Morgan fingerprint density at radius 2 is 1.39 bits per heavy atom. The number of hydrogen-bond acceptors (Lipinski definition) is 7. The number of piperidine rings is 1. The van der Waals surface area contributed by atoms with Crippen LogP contribution in [0, 0.1) is 0 Å². The first-order valence-corrected chi connectivity index (χ1v) is 15.6. The smallest absolute Gasteiger partial charge is 0.253 e. The van der Waals surface area contributed by atoms with Crippen molar-refractivity contribution in [3.63, 3.8) is 0 Å². The molecule has 2 N–H and O–H groups in total. The summed E-state index contributed by atoms with van der Waals surface area (Å²) in [7, 11) is 1.66. The molecule has 0 spiro atoms. The molecule has 2 heterocycles. The number of aromatic nitrogens is 2. The number of ether oxygens (including phenoxy) is 3. The molecule has 0 saturated carbocycles. The van der Waals surface area contributed by atoms with E-state index in [1.54, 1.807) is 13.2 Å². The van der Waals surface area contributed by atoms with Crippen LogP contribution in [0.2, 0.25) is 0 Å². The molecule has 6 rings (SSSR count). The molecule has 0 atom stereocenters. The Morgan fingerprint density at radius 3 is 2.02 bits per heavy atom. The number of benzene rings is 4. The Bertz CT molecular complexity index is 1740. The summed E-state index contributed by atoms with van der Waals surface area (Å²) in [5, 5.41) is 0. The maximum Gasteiger partial charge on any atom is 0.253 e.